The fourth-order valence-electron chi connectivity index (χ4n) is 2.11. The van der Waals surface area contributed by atoms with Crippen molar-refractivity contribution < 1.29 is 4.42 Å². The zero-order valence-electron chi connectivity index (χ0n) is 11.4. The van der Waals surface area contributed by atoms with Crippen LogP contribution >= 0.6 is 0 Å². The first-order chi connectivity index (χ1) is 8.36. The lowest BCUT2D eigenvalue weighted by Gasteiger charge is -2.17. The molecule has 0 fully saturated rings. The molecule has 1 N–H and O–H groups in total. The molecule has 1 rings (SSSR count). The van der Waals surface area contributed by atoms with Crippen LogP contribution in [-0.2, 0) is 6.42 Å². The summed E-state index contributed by atoms with van der Waals surface area (Å²) in [5.41, 5.74) is 0. The van der Waals surface area contributed by atoms with Gasteiger partial charge in [0, 0.05) is 12.5 Å². The van der Waals surface area contributed by atoms with E-state index in [1.807, 2.05) is 6.07 Å². The lowest BCUT2D eigenvalue weighted by molar-refractivity contribution is 0.413. The minimum atomic E-state index is 0.659. The summed E-state index contributed by atoms with van der Waals surface area (Å²) in [6, 6.07) is 4.70. The van der Waals surface area contributed by atoms with Crippen LogP contribution in [0.5, 0.6) is 0 Å². The summed E-state index contributed by atoms with van der Waals surface area (Å²) in [4.78, 5) is 0. The molecule has 0 saturated carbocycles. The van der Waals surface area contributed by atoms with Crippen molar-refractivity contribution in [2.45, 2.75) is 64.8 Å². The van der Waals surface area contributed by atoms with Gasteiger partial charge >= 0.3 is 0 Å². The summed E-state index contributed by atoms with van der Waals surface area (Å²) in [5, 5.41) is 3.65. The SMILES string of the molecule is CCCCCC(CCc1ccco1)NCCC. The largest absolute Gasteiger partial charge is 0.469 e. The molecule has 0 spiro atoms. The van der Waals surface area contributed by atoms with Gasteiger partial charge in [0.2, 0.25) is 0 Å². The first kappa shape index (κ1) is 14.3. The topological polar surface area (TPSA) is 25.2 Å². The predicted molar refractivity (Wildman–Crippen MR) is 73.3 cm³/mol. The van der Waals surface area contributed by atoms with Gasteiger partial charge in [0.05, 0.1) is 6.26 Å². The van der Waals surface area contributed by atoms with E-state index in [1.54, 1.807) is 6.26 Å². The number of hydrogen-bond donors (Lipinski definition) is 1. The average molecular weight is 237 g/mol. The highest BCUT2D eigenvalue weighted by molar-refractivity contribution is 4.98. The summed E-state index contributed by atoms with van der Waals surface area (Å²) < 4.78 is 5.39. The zero-order valence-corrected chi connectivity index (χ0v) is 11.4. The van der Waals surface area contributed by atoms with E-state index in [0.717, 1.165) is 18.7 Å². The second-order valence-corrected chi connectivity index (χ2v) is 4.76. The van der Waals surface area contributed by atoms with E-state index >= 15 is 0 Å². The number of unbranched alkanes of at least 4 members (excludes halogenated alkanes) is 2. The van der Waals surface area contributed by atoms with Crippen molar-refractivity contribution in [1.29, 1.82) is 0 Å². The molecule has 0 aromatic carbocycles. The van der Waals surface area contributed by atoms with Crippen molar-refractivity contribution >= 4 is 0 Å². The number of nitrogens with one attached hydrogen (secondary N) is 1. The molecule has 0 aliphatic carbocycles. The second kappa shape index (κ2) is 9.29. The molecule has 0 saturated heterocycles. The maximum atomic E-state index is 5.39. The highest BCUT2D eigenvalue weighted by Gasteiger charge is 2.08. The Morgan fingerprint density at radius 2 is 2.06 bits per heavy atom. The van der Waals surface area contributed by atoms with Crippen molar-refractivity contribution in [2.24, 2.45) is 0 Å². The molecule has 1 unspecified atom stereocenters. The van der Waals surface area contributed by atoms with Crippen molar-refractivity contribution in [3.05, 3.63) is 24.2 Å². The minimum Gasteiger partial charge on any atom is -0.469 e. The Balaban J connectivity index is 2.23. The number of furan rings is 1. The van der Waals surface area contributed by atoms with Gasteiger partial charge in [-0.25, -0.2) is 0 Å². The van der Waals surface area contributed by atoms with Crippen LogP contribution in [0.4, 0.5) is 0 Å². The first-order valence-electron chi connectivity index (χ1n) is 7.12. The van der Waals surface area contributed by atoms with E-state index in [0.29, 0.717) is 6.04 Å². The zero-order chi connectivity index (χ0) is 12.3. The second-order valence-electron chi connectivity index (χ2n) is 4.76. The van der Waals surface area contributed by atoms with Crippen LogP contribution in [0.15, 0.2) is 22.8 Å². The van der Waals surface area contributed by atoms with Crippen molar-refractivity contribution in [1.82, 2.24) is 5.32 Å². The van der Waals surface area contributed by atoms with Crippen LogP contribution in [0.25, 0.3) is 0 Å². The molecular formula is C15H27NO. The molecule has 0 aliphatic rings. The maximum Gasteiger partial charge on any atom is 0.103 e. The van der Waals surface area contributed by atoms with Gasteiger partial charge in [0.25, 0.3) is 0 Å². The van der Waals surface area contributed by atoms with Crippen LogP contribution in [0.3, 0.4) is 0 Å². The van der Waals surface area contributed by atoms with Gasteiger partial charge in [-0.3, -0.25) is 0 Å². The molecule has 0 aliphatic heterocycles. The van der Waals surface area contributed by atoms with Gasteiger partial charge in [-0.05, 0) is 37.9 Å². The van der Waals surface area contributed by atoms with Gasteiger partial charge in [-0.1, -0.05) is 33.1 Å². The molecule has 17 heavy (non-hydrogen) atoms. The Morgan fingerprint density at radius 3 is 2.71 bits per heavy atom. The van der Waals surface area contributed by atoms with Crippen LogP contribution < -0.4 is 5.32 Å². The van der Waals surface area contributed by atoms with Crippen molar-refractivity contribution in [3.63, 3.8) is 0 Å². The molecule has 0 amide bonds. The molecule has 1 aromatic rings. The summed E-state index contributed by atoms with van der Waals surface area (Å²) in [5.74, 6) is 1.11. The molecular weight excluding hydrogens is 210 g/mol. The normalized spacial score (nSPS) is 12.8. The van der Waals surface area contributed by atoms with Gasteiger partial charge in [0.1, 0.15) is 5.76 Å². The quantitative estimate of drug-likeness (QED) is 0.618. The average Bonchev–Trinajstić information content (AvgIpc) is 2.85. The van der Waals surface area contributed by atoms with E-state index in [9.17, 15) is 0 Å². The Bertz CT molecular complexity index is 256. The maximum absolute atomic E-state index is 5.39. The van der Waals surface area contributed by atoms with Crippen LogP contribution in [-0.4, -0.2) is 12.6 Å². The van der Waals surface area contributed by atoms with Crippen LogP contribution in [0.2, 0.25) is 0 Å². The summed E-state index contributed by atoms with van der Waals surface area (Å²) in [6.45, 7) is 5.62. The molecule has 2 nitrogen and oxygen atoms in total. The first-order valence-corrected chi connectivity index (χ1v) is 7.12. The Hall–Kier alpha value is -0.760. The lowest BCUT2D eigenvalue weighted by Crippen LogP contribution is -2.30. The molecule has 0 radical (unpaired) electrons. The fraction of sp³-hybridized carbons (Fsp3) is 0.733. The van der Waals surface area contributed by atoms with E-state index in [1.165, 1.54) is 38.5 Å². The Morgan fingerprint density at radius 1 is 1.18 bits per heavy atom. The summed E-state index contributed by atoms with van der Waals surface area (Å²) in [7, 11) is 0. The van der Waals surface area contributed by atoms with Crippen LogP contribution in [0.1, 0.15) is 58.1 Å². The van der Waals surface area contributed by atoms with Gasteiger partial charge in [-0.2, -0.15) is 0 Å². The molecule has 2 heteroatoms. The molecule has 1 heterocycles. The summed E-state index contributed by atoms with van der Waals surface area (Å²) in [6.07, 6.45) is 10.5. The van der Waals surface area contributed by atoms with Gasteiger partial charge < -0.3 is 9.73 Å². The van der Waals surface area contributed by atoms with E-state index in [-0.39, 0.29) is 0 Å². The van der Waals surface area contributed by atoms with Gasteiger partial charge in [0.15, 0.2) is 0 Å². The molecule has 0 bridgehead atoms. The lowest BCUT2D eigenvalue weighted by atomic mass is 10.0. The van der Waals surface area contributed by atoms with E-state index in [4.69, 9.17) is 4.42 Å². The number of hydrogen-bond acceptors (Lipinski definition) is 2. The third kappa shape index (κ3) is 6.52. The van der Waals surface area contributed by atoms with Gasteiger partial charge in [-0.15, -0.1) is 0 Å². The third-order valence-corrected chi connectivity index (χ3v) is 3.16. The summed E-state index contributed by atoms with van der Waals surface area (Å²) >= 11 is 0. The minimum absolute atomic E-state index is 0.659. The smallest absolute Gasteiger partial charge is 0.103 e. The Labute approximate surface area is 106 Å². The standard InChI is InChI=1S/C15H27NO/c1-3-5-6-8-14(16-12-4-2)10-11-15-9-7-13-17-15/h7,9,13-14,16H,3-6,8,10-12H2,1-2H3. The monoisotopic (exact) mass is 237 g/mol. The predicted octanol–water partition coefficient (Wildman–Crippen LogP) is 4.16. The fourth-order valence-corrected chi connectivity index (χ4v) is 2.11. The molecule has 1 aromatic heterocycles. The van der Waals surface area contributed by atoms with E-state index in [2.05, 4.69) is 25.2 Å². The molecule has 1 atom stereocenters. The van der Waals surface area contributed by atoms with E-state index < -0.39 is 0 Å². The highest BCUT2D eigenvalue weighted by atomic mass is 16.3. The van der Waals surface area contributed by atoms with Crippen molar-refractivity contribution in [3.8, 4) is 0 Å². The molecule has 98 valence electrons. The third-order valence-electron chi connectivity index (χ3n) is 3.16. The van der Waals surface area contributed by atoms with Crippen LogP contribution in [0, 0.1) is 0 Å². The number of aryl methyl sites for hydroxylation is 1. The Kier molecular flexibility index (Phi) is 7.81. The van der Waals surface area contributed by atoms with Crippen molar-refractivity contribution in [2.75, 3.05) is 6.54 Å². The number of rotatable bonds is 10. The highest BCUT2D eigenvalue weighted by Crippen LogP contribution is 2.11.